The van der Waals surface area contributed by atoms with Gasteiger partial charge < -0.3 is 9.73 Å². The van der Waals surface area contributed by atoms with E-state index < -0.39 is 10.8 Å². The van der Waals surface area contributed by atoms with Gasteiger partial charge in [-0.3, -0.25) is 4.21 Å². The van der Waals surface area contributed by atoms with Gasteiger partial charge in [-0.05, 0) is 39.8 Å². The fourth-order valence-electron chi connectivity index (χ4n) is 1.86. The Hall–Kier alpha value is -0.610. The molecule has 0 aromatic carbocycles. The normalized spacial score (nSPS) is 16.8. The molecule has 0 radical (unpaired) electrons. The van der Waals surface area contributed by atoms with E-state index in [4.69, 9.17) is 4.42 Å². The van der Waals surface area contributed by atoms with Gasteiger partial charge >= 0.3 is 0 Å². The maximum Gasteiger partial charge on any atom is 0.105 e. The fraction of sp³-hybridized carbons (Fsp3) is 0.692. The summed E-state index contributed by atoms with van der Waals surface area (Å²) >= 11 is 0. The van der Waals surface area contributed by atoms with Gasteiger partial charge in [0.1, 0.15) is 11.5 Å². The summed E-state index contributed by atoms with van der Waals surface area (Å²) in [5, 5.41) is 3.70. The fourth-order valence-corrected chi connectivity index (χ4v) is 2.31. The Morgan fingerprint density at radius 2 is 2.06 bits per heavy atom. The lowest BCUT2D eigenvalue weighted by Gasteiger charge is -2.14. The van der Waals surface area contributed by atoms with Crippen molar-refractivity contribution in [1.29, 1.82) is 0 Å². The summed E-state index contributed by atoms with van der Waals surface area (Å²) < 4.78 is 16.7. The second-order valence-electron chi connectivity index (χ2n) is 4.64. The highest BCUT2D eigenvalue weighted by Gasteiger charge is 2.13. The van der Waals surface area contributed by atoms with Crippen LogP contribution < -0.4 is 5.32 Å². The predicted octanol–water partition coefficient (Wildman–Crippen LogP) is 2.70. The number of nitrogens with one attached hydrogen (secondary N) is 1. The third-order valence-corrected chi connectivity index (χ3v) is 4.48. The third kappa shape index (κ3) is 4.28. The van der Waals surface area contributed by atoms with Gasteiger partial charge in [-0.25, -0.2) is 0 Å². The quantitative estimate of drug-likeness (QED) is 0.852. The molecule has 0 fully saturated rings. The number of hydrogen-bond donors (Lipinski definition) is 1. The van der Waals surface area contributed by atoms with Gasteiger partial charge in [0.25, 0.3) is 0 Å². The van der Waals surface area contributed by atoms with Crippen molar-refractivity contribution in [3.63, 3.8) is 0 Å². The average Bonchev–Trinajstić information content (AvgIpc) is 2.57. The van der Waals surface area contributed by atoms with E-state index in [-0.39, 0.29) is 11.3 Å². The van der Waals surface area contributed by atoms with Crippen LogP contribution in [0.3, 0.4) is 0 Å². The van der Waals surface area contributed by atoms with Crippen LogP contribution in [0.15, 0.2) is 10.5 Å². The van der Waals surface area contributed by atoms with Gasteiger partial charge in [-0.1, -0.05) is 6.92 Å². The molecule has 17 heavy (non-hydrogen) atoms. The van der Waals surface area contributed by atoms with E-state index in [0.29, 0.717) is 0 Å². The Kier molecular flexibility index (Phi) is 5.40. The first-order valence-electron chi connectivity index (χ1n) is 6.04. The van der Waals surface area contributed by atoms with Crippen LogP contribution in [0.5, 0.6) is 0 Å². The zero-order valence-electron chi connectivity index (χ0n) is 11.4. The Bertz CT molecular complexity index is 387. The summed E-state index contributed by atoms with van der Waals surface area (Å²) in [4.78, 5) is 0. The molecule has 0 amide bonds. The van der Waals surface area contributed by atoms with E-state index in [2.05, 4.69) is 18.3 Å². The van der Waals surface area contributed by atoms with Gasteiger partial charge in [-0.15, -0.1) is 0 Å². The van der Waals surface area contributed by atoms with E-state index in [1.54, 1.807) is 6.26 Å². The molecule has 0 saturated carbocycles. The van der Waals surface area contributed by atoms with Crippen molar-refractivity contribution in [1.82, 2.24) is 5.32 Å². The van der Waals surface area contributed by atoms with E-state index in [9.17, 15) is 4.21 Å². The first kappa shape index (κ1) is 14.5. The van der Waals surface area contributed by atoms with E-state index in [0.717, 1.165) is 24.5 Å². The largest absolute Gasteiger partial charge is 0.466 e. The van der Waals surface area contributed by atoms with Crippen LogP contribution in [0.1, 0.15) is 43.4 Å². The molecule has 1 rings (SSSR count). The van der Waals surface area contributed by atoms with Crippen LogP contribution in [-0.4, -0.2) is 22.3 Å². The molecule has 0 aliphatic heterocycles. The lowest BCUT2D eigenvalue weighted by Crippen LogP contribution is -2.24. The van der Waals surface area contributed by atoms with Crippen LogP contribution in [0, 0.1) is 13.8 Å². The van der Waals surface area contributed by atoms with Gasteiger partial charge in [-0.2, -0.15) is 0 Å². The number of furan rings is 1. The molecular formula is C13H23NO2S. The van der Waals surface area contributed by atoms with Crippen LogP contribution in [-0.2, 0) is 10.8 Å². The number of hydrogen-bond acceptors (Lipinski definition) is 3. The molecule has 4 heteroatoms. The summed E-state index contributed by atoms with van der Waals surface area (Å²) in [6.45, 7) is 8.99. The molecule has 3 nitrogen and oxygen atoms in total. The van der Waals surface area contributed by atoms with Crippen molar-refractivity contribution in [2.75, 3.05) is 12.8 Å². The maximum atomic E-state index is 11.2. The Morgan fingerprint density at radius 1 is 1.41 bits per heavy atom. The van der Waals surface area contributed by atoms with E-state index in [1.807, 2.05) is 20.8 Å². The first-order valence-corrected chi connectivity index (χ1v) is 7.66. The van der Waals surface area contributed by atoms with Crippen molar-refractivity contribution >= 4 is 10.8 Å². The summed E-state index contributed by atoms with van der Waals surface area (Å²) in [5.41, 5.74) is 1.22. The minimum absolute atomic E-state index is 0.252. The third-order valence-electron chi connectivity index (χ3n) is 3.11. The van der Waals surface area contributed by atoms with Crippen LogP contribution >= 0.6 is 0 Å². The summed E-state index contributed by atoms with van der Waals surface area (Å²) in [6.07, 6.45) is 2.70. The Balaban J connectivity index is 2.42. The molecule has 0 aliphatic carbocycles. The molecule has 1 N–H and O–H groups in total. The number of rotatable bonds is 6. The lowest BCUT2D eigenvalue weighted by molar-refractivity contribution is 0.488. The molecule has 0 spiro atoms. The molecule has 1 heterocycles. The average molecular weight is 257 g/mol. The smallest absolute Gasteiger partial charge is 0.105 e. The summed E-state index contributed by atoms with van der Waals surface area (Å²) in [5.74, 6) is 1.93. The second kappa shape index (κ2) is 6.36. The zero-order chi connectivity index (χ0) is 13.0. The molecule has 98 valence electrons. The predicted molar refractivity (Wildman–Crippen MR) is 72.7 cm³/mol. The molecule has 3 atom stereocenters. The molecule has 1 aromatic heterocycles. The topological polar surface area (TPSA) is 42.2 Å². The Labute approximate surface area is 106 Å². The minimum Gasteiger partial charge on any atom is -0.466 e. The van der Waals surface area contributed by atoms with Crippen LogP contribution in [0.25, 0.3) is 0 Å². The molecule has 0 bridgehead atoms. The van der Waals surface area contributed by atoms with Crippen molar-refractivity contribution in [3.8, 4) is 0 Å². The van der Waals surface area contributed by atoms with Crippen molar-refractivity contribution < 1.29 is 8.63 Å². The van der Waals surface area contributed by atoms with Gasteiger partial charge in [0.05, 0.1) is 0 Å². The highest BCUT2D eigenvalue weighted by Crippen LogP contribution is 2.21. The van der Waals surface area contributed by atoms with E-state index >= 15 is 0 Å². The lowest BCUT2D eigenvalue weighted by atomic mass is 10.1. The second-order valence-corrected chi connectivity index (χ2v) is 6.44. The van der Waals surface area contributed by atoms with Gasteiger partial charge in [0, 0.05) is 33.9 Å². The maximum absolute atomic E-state index is 11.2. The van der Waals surface area contributed by atoms with Gasteiger partial charge in [0.2, 0.25) is 0 Å². The minimum atomic E-state index is -0.728. The van der Waals surface area contributed by atoms with Crippen LogP contribution in [0.4, 0.5) is 0 Å². The number of aryl methyl sites for hydroxylation is 2. The molecule has 1 aromatic rings. The summed E-state index contributed by atoms with van der Waals surface area (Å²) in [7, 11) is -0.728. The van der Waals surface area contributed by atoms with E-state index in [1.165, 1.54) is 5.56 Å². The first-order chi connectivity index (χ1) is 7.91. The molecule has 3 unspecified atom stereocenters. The van der Waals surface area contributed by atoms with Crippen molar-refractivity contribution in [2.24, 2.45) is 0 Å². The van der Waals surface area contributed by atoms with Gasteiger partial charge in [0.15, 0.2) is 0 Å². The van der Waals surface area contributed by atoms with Crippen molar-refractivity contribution in [3.05, 3.63) is 23.2 Å². The molecule has 0 aliphatic rings. The summed E-state index contributed by atoms with van der Waals surface area (Å²) in [6, 6.07) is 2.36. The van der Waals surface area contributed by atoms with Crippen LogP contribution in [0.2, 0.25) is 0 Å². The highest BCUT2D eigenvalue weighted by molar-refractivity contribution is 7.84. The molecular weight excluding hydrogens is 234 g/mol. The SMILES string of the molecule is Cc1cc(C(C)NCCC(C)S(C)=O)c(C)o1. The zero-order valence-corrected chi connectivity index (χ0v) is 12.2. The molecule has 0 saturated heterocycles. The highest BCUT2D eigenvalue weighted by atomic mass is 32.2. The standard InChI is InChI=1S/C13H23NO2S/c1-9-8-13(12(4)16-9)11(3)14-7-6-10(2)17(5)15/h8,10-11,14H,6-7H2,1-5H3. The Morgan fingerprint density at radius 3 is 2.53 bits per heavy atom. The van der Waals surface area contributed by atoms with Crippen molar-refractivity contribution in [2.45, 2.75) is 45.4 Å². The monoisotopic (exact) mass is 257 g/mol.